The molecule has 2 rings (SSSR count). The highest BCUT2D eigenvalue weighted by atomic mass is 32.2. The number of carbonyl (C=O) groups excluding carboxylic acids is 1. The van der Waals surface area contributed by atoms with E-state index in [1.807, 2.05) is 13.8 Å². The summed E-state index contributed by atoms with van der Waals surface area (Å²) < 4.78 is 40.3. The summed E-state index contributed by atoms with van der Waals surface area (Å²) in [6, 6.07) is 13.3. The van der Waals surface area contributed by atoms with Gasteiger partial charge in [0.1, 0.15) is 19.0 Å². The second kappa shape index (κ2) is 12.4. The van der Waals surface area contributed by atoms with E-state index in [9.17, 15) is 13.2 Å². The molecule has 1 unspecified atom stereocenters. The fourth-order valence-electron chi connectivity index (χ4n) is 2.57. The fraction of sp³-hybridized carbons (Fsp3) is 0.435. The fourth-order valence-corrected chi connectivity index (χ4v) is 3.46. The first-order valence-electron chi connectivity index (χ1n) is 10.4. The van der Waals surface area contributed by atoms with Crippen LogP contribution < -0.4 is 10.1 Å². The summed E-state index contributed by atoms with van der Waals surface area (Å²) >= 11 is 0. The Morgan fingerprint density at radius 3 is 2.32 bits per heavy atom. The van der Waals surface area contributed by atoms with E-state index in [0.29, 0.717) is 30.9 Å². The Labute approximate surface area is 184 Å². The number of amides is 1. The minimum atomic E-state index is -3.80. The van der Waals surface area contributed by atoms with Gasteiger partial charge in [0.05, 0.1) is 11.0 Å². The van der Waals surface area contributed by atoms with E-state index in [2.05, 4.69) is 12.2 Å². The Morgan fingerprint density at radius 2 is 1.68 bits per heavy atom. The van der Waals surface area contributed by atoms with Gasteiger partial charge in [-0.15, -0.1) is 0 Å². The number of hydrogen-bond acceptors (Lipinski definition) is 6. The van der Waals surface area contributed by atoms with Crippen molar-refractivity contribution in [1.82, 2.24) is 0 Å². The van der Waals surface area contributed by atoms with E-state index in [0.717, 1.165) is 12.0 Å². The maximum absolute atomic E-state index is 12.1. The van der Waals surface area contributed by atoms with Crippen LogP contribution in [-0.4, -0.2) is 40.2 Å². The van der Waals surface area contributed by atoms with E-state index >= 15 is 0 Å². The van der Waals surface area contributed by atoms with Gasteiger partial charge in [0.15, 0.2) is 0 Å². The summed E-state index contributed by atoms with van der Waals surface area (Å²) in [4.78, 5) is 12.1. The van der Waals surface area contributed by atoms with Crippen molar-refractivity contribution in [2.45, 2.75) is 51.0 Å². The van der Waals surface area contributed by atoms with Crippen molar-refractivity contribution in [2.75, 3.05) is 25.1 Å². The summed E-state index contributed by atoms with van der Waals surface area (Å²) in [6.07, 6.45) is 2.23. The summed E-state index contributed by atoms with van der Waals surface area (Å²) in [5.41, 5.74) is 1.64. The summed E-state index contributed by atoms with van der Waals surface area (Å²) in [5, 5.41) is 2.83. The average Bonchev–Trinajstić information content (AvgIpc) is 2.75. The van der Waals surface area contributed by atoms with Crippen LogP contribution in [0.25, 0.3) is 0 Å². The molecule has 1 atom stereocenters. The van der Waals surface area contributed by atoms with Crippen LogP contribution >= 0.6 is 0 Å². The number of nitrogens with one attached hydrogen (secondary N) is 1. The predicted molar refractivity (Wildman–Crippen MR) is 120 cm³/mol. The highest BCUT2D eigenvalue weighted by molar-refractivity contribution is 7.86. The Bertz CT molecular complexity index is 910. The SMILES string of the molecule is CCC(C)OCCCC(=O)Nc1ccc(OCCOS(=O)(=O)c2ccc(C)cc2)cc1. The topological polar surface area (TPSA) is 90.9 Å². The third-order valence-electron chi connectivity index (χ3n) is 4.56. The lowest BCUT2D eigenvalue weighted by molar-refractivity contribution is -0.116. The molecular formula is C23H31NO6S. The lowest BCUT2D eigenvalue weighted by atomic mass is 10.2. The first kappa shape index (κ1) is 24.8. The molecule has 2 aromatic carbocycles. The van der Waals surface area contributed by atoms with Crippen LogP contribution in [0.15, 0.2) is 53.4 Å². The van der Waals surface area contributed by atoms with Gasteiger partial charge < -0.3 is 14.8 Å². The van der Waals surface area contributed by atoms with Gasteiger partial charge in [0.2, 0.25) is 5.91 Å². The number of rotatable bonds is 13. The van der Waals surface area contributed by atoms with E-state index < -0.39 is 10.1 Å². The van der Waals surface area contributed by atoms with Gasteiger partial charge in [-0.3, -0.25) is 8.98 Å². The molecule has 0 aromatic heterocycles. The Balaban J connectivity index is 1.69. The summed E-state index contributed by atoms with van der Waals surface area (Å²) in [6.45, 7) is 6.49. The third kappa shape index (κ3) is 9.08. The number of aryl methyl sites for hydroxylation is 1. The second-order valence-electron chi connectivity index (χ2n) is 7.20. The van der Waals surface area contributed by atoms with Gasteiger partial charge in [0.25, 0.3) is 10.1 Å². The normalized spacial score (nSPS) is 12.4. The molecule has 0 aliphatic heterocycles. The zero-order valence-electron chi connectivity index (χ0n) is 18.3. The van der Waals surface area contributed by atoms with Crippen LogP contribution in [0.1, 0.15) is 38.7 Å². The van der Waals surface area contributed by atoms with Crippen LogP contribution in [0.3, 0.4) is 0 Å². The van der Waals surface area contributed by atoms with E-state index in [1.165, 1.54) is 12.1 Å². The number of benzene rings is 2. The number of anilines is 1. The van der Waals surface area contributed by atoms with E-state index in [-0.39, 0.29) is 30.1 Å². The number of ether oxygens (including phenoxy) is 2. The van der Waals surface area contributed by atoms with Gasteiger partial charge in [-0.05, 0) is 63.1 Å². The molecule has 170 valence electrons. The van der Waals surface area contributed by atoms with Crippen molar-refractivity contribution >= 4 is 21.7 Å². The van der Waals surface area contributed by atoms with Crippen molar-refractivity contribution in [3.05, 3.63) is 54.1 Å². The highest BCUT2D eigenvalue weighted by Crippen LogP contribution is 2.17. The first-order chi connectivity index (χ1) is 14.8. The molecule has 1 amide bonds. The van der Waals surface area contributed by atoms with Crippen LogP contribution in [0.5, 0.6) is 5.75 Å². The number of hydrogen-bond donors (Lipinski definition) is 1. The van der Waals surface area contributed by atoms with Crippen LogP contribution in [-0.2, 0) is 23.8 Å². The molecule has 0 saturated carbocycles. The lowest BCUT2D eigenvalue weighted by Gasteiger charge is -2.11. The molecule has 0 heterocycles. The molecule has 0 aliphatic rings. The molecule has 0 saturated heterocycles. The maximum atomic E-state index is 12.1. The lowest BCUT2D eigenvalue weighted by Crippen LogP contribution is -2.14. The summed E-state index contributed by atoms with van der Waals surface area (Å²) in [7, 11) is -3.80. The molecule has 0 aliphatic carbocycles. The second-order valence-corrected chi connectivity index (χ2v) is 8.82. The minimum Gasteiger partial charge on any atom is -0.491 e. The van der Waals surface area contributed by atoms with E-state index in [1.54, 1.807) is 36.4 Å². The molecule has 31 heavy (non-hydrogen) atoms. The van der Waals surface area contributed by atoms with E-state index in [4.69, 9.17) is 13.7 Å². The largest absolute Gasteiger partial charge is 0.491 e. The molecule has 2 aromatic rings. The van der Waals surface area contributed by atoms with Gasteiger partial charge >= 0.3 is 0 Å². The van der Waals surface area contributed by atoms with Crippen molar-refractivity contribution in [3.8, 4) is 5.75 Å². The molecule has 7 nitrogen and oxygen atoms in total. The Kier molecular flexibility index (Phi) is 9.97. The summed E-state index contributed by atoms with van der Waals surface area (Å²) in [5.74, 6) is 0.479. The van der Waals surface area contributed by atoms with Gasteiger partial charge in [-0.25, -0.2) is 0 Å². The molecule has 8 heteroatoms. The predicted octanol–water partition coefficient (Wildman–Crippen LogP) is 4.31. The van der Waals surface area contributed by atoms with Gasteiger partial charge in [0, 0.05) is 18.7 Å². The third-order valence-corrected chi connectivity index (χ3v) is 5.89. The molecule has 0 fully saturated rings. The quantitative estimate of drug-likeness (QED) is 0.362. The van der Waals surface area contributed by atoms with Crippen molar-refractivity contribution < 1.29 is 26.9 Å². The molecular weight excluding hydrogens is 418 g/mol. The number of carbonyl (C=O) groups is 1. The zero-order valence-corrected chi connectivity index (χ0v) is 19.1. The standard InChI is InChI=1S/C23H31NO6S/c1-4-19(3)28-15-5-6-23(25)24-20-9-11-21(12-10-20)29-16-17-30-31(26,27)22-13-7-18(2)8-14-22/h7-14,19H,4-6,15-17H2,1-3H3,(H,24,25). The smallest absolute Gasteiger partial charge is 0.297 e. The Morgan fingerprint density at radius 1 is 1.00 bits per heavy atom. The van der Waals surface area contributed by atoms with Crippen molar-refractivity contribution in [3.63, 3.8) is 0 Å². The van der Waals surface area contributed by atoms with Crippen LogP contribution in [0.4, 0.5) is 5.69 Å². The van der Waals surface area contributed by atoms with Gasteiger partial charge in [-0.1, -0.05) is 24.6 Å². The molecule has 0 spiro atoms. The molecule has 1 N–H and O–H groups in total. The average molecular weight is 450 g/mol. The Hall–Kier alpha value is -2.42. The van der Waals surface area contributed by atoms with Crippen LogP contribution in [0.2, 0.25) is 0 Å². The minimum absolute atomic E-state index is 0.0730. The van der Waals surface area contributed by atoms with Gasteiger partial charge in [-0.2, -0.15) is 8.42 Å². The highest BCUT2D eigenvalue weighted by Gasteiger charge is 2.14. The maximum Gasteiger partial charge on any atom is 0.297 e. The zero-order chi connectivity index (χ0) is 22.7. The molecule has 0 bridgehead atoms. The first-order valence-corrected chi connectivity index (χ1v) is 11.8. The molecule has 0 radical (unpaired) electrons. The van der Waals surface area contributed by atoms with Crippen molar-refractivity contribution in [1.29, 1.82) is 0 Å². The monoisotopic (exact) mass is 449 g/mol. The van der Waals surface area contributed by atoms with Crippen molar-refractivity contribution in [2.24, 2.45) is 0 Å². The van der Waals surface area contributed by atoms with Crippen LogP contribution in [0, 0.1) is 6.92 Å².